The van der Waals surface area contributed by atoms with Crippen LogP contribution >= 0.6 is 11.6 Å². The number of aromatic nitrogens is 6. The number of imidazole rings is 1. The Morgan fingerprint density at radius 1 is 1.28 bits per heavy atom. The lowest BCUT2D eigenvalue weighted by atomic mass is 10.1. The molecule has 1 N–H and O–H groups in total. The van der Waals surface area contributed by atoms with Gasteiger partial charge in [-0.2, -0.15) is 5.10 Å². The quantitative estimate of drug-likeness (QED) is 0.555. The van der Waals surface area contributed by atoms with Crippen molar-refractivity contribution in [1.29, 1.82) is 0 Å². The summed E-state index contributed by atoms with van der Waals surface area (Å²) in [5.41, 5.74) is 2.82. The predicted octanol–water partition coefficient (Wildman–Crippen LogP) is 3.27. The first-order valence-corrected chi connectivity index (χ1v) is 9.51. The minimum atomic E-state index is -0.507. The number of H-pyrrole nitrogens is 1. The molecule has 4 aromatic heterocycles. The van der Waals surface area contributed by atoms with Crippen LogP contribution in [0.5, 0.6) is 0 Å². The number of morpholine rings is 1. The molecule has 0 aromatic carbocycles. The number of nitrogens with zero attached hydrogens (tertiary/aromatic N) is 6. The summed E-state index contributed by atoms with van der Waals surface area (Å²) in [6, 6.07) is 3.09. The minimum Gasteiger partial charge on any atom is -0.367 e. The molecule has 1 fully saturated rings. The highest BCUT2D eigenvalue weighted by Crippen LogP contribution is 2.28. The lowest BCUT2D eigenvalue weighted by Gasteiger charge is -2.36. The highest BCUT2D eigenvalue weighted by molar-refractivity contribution is 6.30. The highest BCUT2D eigenvalue weighted by atomic mass is 35.5. The lowest BCUT2D eigenvalue weighted by molar-refractivity contribution is -0.0178. The van der Waals surface area contributed by atoms with Crippen LogP contribution in [0.4, 0.5) is 10.3 Å². The van der Waals surface area contributed by atoms with E-state index in [0.717, 1.165) is 5.56 Å². The van der Waals surface area contributed by atoms with E-state index in [2.05, 4.69) is 25.1 Å². The van der Waals surface area contributed by atoms with Crippen molar-refractivity contribution < 1.29 is 9.13 Å². The number of anilines is 1. The van der Waals surface area contributed by atoms with Crippen molar-refractivity contribution in [1.82, 2.24) is 29.5 Å². The summed E-state index contributed by atoms with van der Waals surface area (Å²) in [6.45, 7) is 3.30. The largest absolute Gasteiger partial charge is 0.367 e. The fourth-order valence-electron chi connectivity index (χ4n) is 3.54. The van der Waals surface area contributed by atoms with E-state index in [4.69, 9.17) is 21.3 Å². The molecule has 29 heavy (non-hydrogen) atoms. The number of nitrogens with one attached hydrogen (secondary N) is 1. The summed E-state index contributed by atoms with van der Waals surface area (Å²) in [5, 5.41) is 6.86. The van der Waals surface area contributed by atoms with Crippen LogP contribution < -0.4 is 4.90 Å². The van der Waals surface area contributed by atoms with Gasteiger partial charge in [0.25, 0.3) is 0 Å². The first-order valence-electron chi connectivity index (χ1n) is 9.13. The van der Waals surface area contributed by atoms with Crippen molar-refractivity contribution in [3.05, 3.63) is 59.5 Å². The number of hydrogen-bond acceptors (Lipinski definition) is 6. The molecule has 5 rings (SSSR count). The Kier molecular flexibility index (Phi) is 4.40. The maximum absolute atomic E-state index is 13.7. The molecule has 0 bridgehead atoms. The van der Waals surface area contributed by atoms with Gasteiger partial charge in [-0.25, -0.2) is 19.3 Å². The molecule has 1 aliphatic heterocycles. The zero-order chi connectivity index (χ0) is 20.0. The van der Waals surface area contributed by atoms with Crippen molar-refractivity contribution in [3.8, 4) is 11.4 Å². The number of pyridine rings is 1. The molecule has 0 spiro atoms. The van der Waals surface area contributed by atoms with Gasteiger partial charge in [0, 0.05) is 36.8 Å². The minimum absolute atomic E-state index is 0.00786. The molecule has 1 saturated heterocycles. The van der Waals surface area contributed by atoms with Gasteiger partial charge in [0.05, 0.1) is 41.5 Å². The number of ether oxygens (including phenoxy) is 1. The van der Waals surface area contributed by atoms with Crippen LogP contribution in [-0.4, -0.2) is 48.7 Å². The Balaban J connectivity index is 1.49. The van der Waals surface area contributed by atoms with Crippen molar-refractivity contribution in [3.63, 3.8) is 0 Å². The van der Waals surface area contributed by atoms with Crippen molar-refractivity contribution in [2.45, 2.75) is 19.1 Å². The van der Waals surface area contributed by atoms with Crippen LogP contribution in [0.2, 0.25) is 5.02 Å². The third-order valence-electron chi connectivity index (χ3n) is 4.89. The second kappa shape index (κ2) is 7.09. The smallest absolute Gasteiger partial charge is 0.226 e. The van der Waals surface area contributed by atoms with Crippen LogP contribution in [0.1, 0.15) is 18.6 Å². The summed E-state index contributed by atoms with van der Waals surface area (Å²) >= 11 is 5.95. The molecule has 10 heteroatoms. The van der Waals surface area contributed by atoms with E-state index >= 15 is 0 Å². The van der Waals surface area contributed by atoms with E-state index in [0.29, 0.717) is 36.1 Å². The van der Waals surface area contributed by atoms with Crippen molar-refractivity contribution in [2.24, 2.45) is 0 Å². The first-order chi connectivity index (χ1) is 14.1. The normalized spacial score (nSPS) is 19.8. The second-order valence-corrected chi connectivity index (χ2v) is 7.36. The number of hydrogen-bond donors (Lipinski definition) is 1. The van der Waals surface area contributed by atoms with E-state index < -0.39 is 5.82 Å². The molecular weight excluding hydrogens is 397 g/mol. The first kappa shape index (κ1) is 18.0. The average Bonchev–Trinajstić information content (AvgIpc) is 3.38. The van der Waals surface area contributed by atoms with Gasteiger partial charge in [-0.05, 0) is 13.0 Å². The molecule has 0 saturated carbocycles. The molecule has 0 radical (unpaired) electrons. The Morgan fingerprint density at radius 3 is 3.00 bits per heavy atom. The standard InChI is InChI=1S/C19H17ClFN7O/c1-11-8-27(10-17(29-11)12-5-24-25-6-12)19-22-3-2-15(26-19)16-7-23-18-4-14(21)13(20)9-28(16)18/h2-7,9,11,17H,8,10H2,1H3,(H,24,25)/t11-,17-/m0/s1. The topological polar surface area (TPSA) is 84.2 Å². The summed E-state index contributed by atoms with van der Waals surface area (Å²) in [4.78, 5) is 15.5. The van der Waals surface area contributed by atoms with Gasteiger partial charge in [0.2, 0.25) is 5.95 Å². The summed E-state index contributed by atoms with van der Waals surface area (Å²) < 4.78 is 21.5. The second-order valence-electron chi connectivity index (χ2n) is 6.95. The molecule has 0 unspecified atom stereocenters. The Morgan fingerprint density at radius 2 is 2.17 bits per heavy atom. The molecular formula is C19H17ClFN7O. The maximum Gasteiger partial charge on any atom is 0.226 e. The van der Waals surface area contributed by atoms with Crippen LogP contribution in [-0.2, 0) is 4.74 Å². The Labute approximate surface area is 170 Å². The van der Waals surface area contributed by atoms with Crippen LogP contribution in [0.3, 0.4) is 0 Å². The van der Waals surface area contributed by atoms with Gasteiger partial charge in [0.1, 0.15) is 17.6 Å². The van der Waals surface area contributed by atoms with Crippen LogP contribution in [0.15, 0.2) is 43.1 Å². The van der Waals surface area contributed by atoms with E-state index in [9.17, 15) is 4.39 Å². The Hall–Kier alpha value is -3.04. The molecule has 5 heterocycles. The van der Waals surface area contributed by atoms with E-state index in [-0.39, 0.29) is 17.2 Å². The average molecular weight is 414 g/mol. The van der Waals surface area contributed by atoms with Gasteiger partial charge < -0.3 is 9.64 Å². The summed E-state index contributed by atoms with van der Waals surface area (Å²) in [6.07, 6.45) is 8.33. The number of rotatable bonds is 3. The monoisotopic (exact) mass is 413 g/mol. The molecule has 8 nitrogen and oxygen atoms in total. The number of halogens is 2. The third kappa shape index (κ3) is 3.32. The number of aromatic amines is 1. The molecule has 148 valence electrons. The van der Waals surface area contributed by atoms with Gasteiger partial charge in [0.15, 0.2) is 0 Å². The zero-order valence-corrected chi connectivity index (χ0v) is 16.2. The molecule has 1 aliphatic rings. The molecule has 0 amide bonds. The number of fused-ring (bicyclic) bond motifs is 1. The van der Waals surface area contributed by atoms with Crippen LogP contribution in [0.25, 0.3) is 17.0 Å². The van der Waals surface area contributed by atoms with E-state index in [1.165, 1.54) is 12.3 Å². The van der Waals surface area contributed by atoms with Gasteiger partial charge in [-0.1, -0.05) is 11.6 Å². The van der Waals surface area contributed by atoms with E-state index in [1.807, 2.05) is 13.1 Å². The van der Waals surface area contributed by atoms with Crippen molar-refractivity contribution >= 4 is 23.2 Å². The molecule has 2 atom stereocenters. The maximum atomic E-state index is 13.7. The predicted molar refractivity (Wildman–Crippen MR) is 105 cm³/mol. The van der Waals surface area contributed by atoms with E-state index in [1.54, 1.807) is 29.1 Å². The fraction of sp³-hybridized carbons (Fsp3) is 0.263. The third-order valence-corrected chi connectivity index (χ3v) is 5.17. The summed E-state index contributed by atoms with van der Waals surface area (Å²) in [5.74, 6) is 0.0848. The lowest BCUT2D eigenvalue weighted by Crippen LogP contribution is -2.43. The summed E-state index contributed by atoms with van der Waals surface area (Å²) in [7, 11) is 0. The fourth-order valence-corrected chi connectivity index (χ4v) is 3.70. The van der Waals surface area contributed by atoms with Gasteiger partial charge in [-0.15, -0.1) is 0 Å². The van der Waals surface area contributed by atoms with Gasteiger partial charge >= 0.3 is 0 Å². The molecule has 4 aromatic rings. The molecule has 0 aliphatic carbocycles. The van der Waals surface area contributed by atoms with Gasteiger partial charge in [-0.3, -0.25) is 9.50 Å². The highest BCUT2D eigenvalue weighted by Gasteiger charge is 2.28. The van der Waals surface area contributed by atoms with Crippen LogP contribution in [0, 0.1) is 5.82 Å². The Bertz CT molecular complexity index is 1160. The SMILES string of the molecule is C[C@H]1CN(c2nccc(-c3cnc4cc(F)c(Cl)cn34)n2)C[C@@H](c2cn[nH]c2)O1. The zero-order valence-electron chi connectivity index (χ0n) is 15.5. The van der Waals surface area contributed by atoms with Crippen molar-refractivity contribution in [2.75, 3.05) is 18.0 Å².